The Hall–Kier alpha value is -1.38. The van der Waals surface area contributed by atoms with Crippen molar-refractivity contribution in [3.63, 3.8) is 0 Å². The Morgan fingerprint density at radius 3 is 2.63 bits per heavy atom. The first-order valence-corrected chi connectivity index (χ1v) is 7.47. The molecule has 0 amide bonds. The van der Waals surface area contributed by atoms with E-state index in [1.54, 1.807) is 0 Å². The Balaban J connectivity index is 2.34. The van der Waals surface area contributed by atoms with Gasteiger partial charge in [0.1, 0.15) is 11.4 Å². The molecule has 0 saturated carbocycles. The number of nitrogens with zero attached hydrogens (tertiary/aromatic N) is 1. The standard InChI is InChI=1S/C16H26N2O/c1-4-7-10-18-12-16(5-2,6-3)19-15-9-8-13(17)11-14(15)18/h8-9,11H,4-7,10,12,17H2,1-3H3. The van der Waals surface area contributed by atoms with E-state index < -0.39 is 0 Å². The van der Waals surface area contributed by atoms with E-state index in [4.69, 9.17) is 10.5 Å². The van der Waals surface area contributed by atoms with Crippen LogP contribution in [-0.4, -0.2) is 18.7 Å². The van der Waals surface area contributed by atoms with Crippen LogP contribution in [0.1, 0.15) is 46.5 Å². The molecule has 0 unspecified atom stereocenters. The highest BCUT2D eigenvalue weighted by Gasteiger charge is 2.36. The van der Waals surface area contributed by atoms with Crippen molar-refractivity contribution in [1.82, 2.24) is 0 Å². The first kappa shape index (κ1) is 14.0. The Morgan fingerprint density at radius 2 is 2.00 bits per heavy atom. The summed E-state index contributed by atoms with van der Waals surface area (Å²) in [6.45, 7) is 8.70. The molecule has 106 valence electrons. The fourth-order valence-electron chi connectivity index (χ4n) is 2.73. The van der Waals surface area contributed by atoms with Gasteiger partial charge in [0.05, 0.1) is 12.2 Å². The highest BCUT2D eigenvalue weighted by molar-refractivity contribution is 5.66. The van der Waals surface area contributed by atoms with Crippen LogP contribution in [0.15, 0.2) is 18.2 Å². The fraction of sp³-hybridized carbons (Fsp3) is 0.625. The van der Waals surface area contributed by atoms with Gasteiger partial charge >= 0.3 is 0 Å². The van der Waals surface area contributed by atoms with Crippen molar-refractivity contribution in [2.45, 2.75) is 52.1 Å². The molecule has 0 aliphatic carbocycles. The highest BCUT2D eigenvalue weighted by Crippen LogP contribution is 2.40. The third-order valence-corrected chi connectivity index (χ3v) is 4.20. The quantitative estimate of drug-likeness (QED) is 0.820. The molecule has 3 nitrogen and oxygen atoms in total. The van der Waals surface area contributed by atoms with Gasteiger partial charge in [-0.15, -0.1) is 0 Å². The van der Waals surface area contributed by atoms with Gasteiger partial charge in [-0.3, -0.25) is 0 Å². The van der Waals surface area contributed by atoms with E-state index in [-0.39, 0.29) is 5.60 Å². The molecule has 1 aliphatic heterocycles. The summed E-state index contributed by atoms with van der Waals surface area (Å²) in [6, 6.07) is 5.99. The molecular weight excluding hydrogens is 236 g/mol. The van der Waals surface area contributed by atoms with Crippen molar-refractivity contribution in [3.8, 4) is 5.75 Å². The summed E-state index contributed by atoms with van der Waals surface area (Å²) in [4.78, 5) is 2.45. The van der Waals surface area contributed by atoms with Crippen LogP contribution in [0.2, 0.25) is 0 Å². The molecule has 0 spiro atoms. The molecule has 1 aromatic carbocycles. The molecule has 0 atom stereocenters. The minimum absolute atomic E-state index is 0.0448. The van der Waals surface area contributed by atoms with Gasteiger partial charge in [-0.05, 0) is 37.5 Å². The van der Waals surface area contributed by atoms with Crippen LogP contribution in [0.5, 0.6) is 5.75 Å². The Labute approximate surface area is 116 Å². The molecule has 0 radical (unpaired) electrons. The number of rotatable bonds is 5. The number of anilines is 2. The maximum atomic E-state index is 6.29. The zero-order valence-electron chi connectivity index (χ0n) is 12.4. The van der Waals surface area contributed by atoms with E-state index in [1.807, 2.05) is 18.2 Å². The van der Waals surface area contributed by atoms with Gasteiger partial charge in [-0.1, -0.05) is 27.2 Å². The maximum absolute atomic E-state index is 6.29. The molecule has 2 N–H and O–H groups in total. The topological polar surface area (TPSA) is 38.5 Å². The van der Waals surface area contributed by atoms with Crippen molar-refractivity contribution in [2.75, 3.05) is 23.7 Å². The number of nitrogens with two attached hydrogens (primary N) is 1. The van der Waals surface area contributed by atoms with Gasteiger partial charge < -0.3 is 15.4 Å². The molecule has 1 heterocycles. The lowest BCUT2D eigenvalue weighted by Crippen LogP contribution is -2.50. The summed E-state index contributed by atoms with van der Waals surface area (Å²) in [5, 5.41) is 0. The van der Waals surface area contributed by atoms with Crippen LogP contribution in [0, 0.1) is 0 Å². The Bertz CT molecular complexity index is 427. The summed E-state index contributed by atoms with van der Waals surface area (Å²) in [5.74, 6) is 0.986. The molecule has 1 aromatic rings. The van der Waals surface area contributed by atoms with Gasteiger partial charge in [0.2, 0.25) is 0 Å². The molecule has 2 rings (SSSR count). The zero-order chi connectivity index (χ0) is 13.9. The lowest BCUT2D eigenvalue weighted by molar-refractivity contribution is 0.0574. The van der Waals surface area contributed by atoms with Crippen molar-refractivity contribution in [3.05, 3.63) is 18.2 Å². The summed E-state index contributed by atoms with van der Waals surface area (Å²) >= 11 is 0. The average molecular weight is 262 g/mol. The molecule has 1 aliphatic rings. The zero-order valence-corrected chi connectivity index (χ0v) is 12.4. The smallest absolute Gasteiger partial charge is 0.143 e. The number of benzene rings is 1. The third kappa shape index (κ3) is 2.80. The number of unbranched alkanes of at least 4 members (excludes halogenated alkanes) is 1. The largest absolute Gasteiger partial charge is 0.483 e. The van der Waals surface area contributed by atoms with Crippen molar-refractivity contribution in [2.24, 2.45) is 0 Å². The van der Waals surface area contributed by atoms with Crippen LogP contribution in [0.3, 0.4) is 0 Å². The third-order valence-electron chi connectivity index (χ3n) is 4.20. The van der Waals surface area contributed by atoms with Crippen molar-refractivity contribution in [1.29, 1.82) is 0 Å². The van der Waals surface area contributed by atoms with Gasteiger partial charge in [-0.25, -0.2) is 0 Å². The number of hydrogen-bond donors (Lipinski definition) is 1. The summed E-state index contributed by atoms with van der Waals surface area (Å²) in [7, 11) is 0. The normalized spacial score (nSPS) is 16.9. The van der Waals surface area contributed by atoms with Crippen molar-refractivity contribution >= 4 is 11.4 Å². The van der Waals surface area contributed by atoms with Crippen LogP contribution in [0.4, 0.5) is 11.4 Å². The number of hydrogen-bond acceptors (Lipinski definition) is 3. The molecule has 19 heavy (non-hydrogen) atoms. The lowest BCUT2D eigenvalue weighted by Gasteiger charge is -2.44. The lowest BCUT2D eigenvalue weighted by atomic mass is 9.93. The van der Waals surface area contributed by atoms with Crippen LogP contribution < -0.4 is 15.4 Å². The number of nitrogen functional groups attached to an aromatic ring is 1. The Kier molecular flexibility index (Phi) is 4.23. The van der Waals surface area contributed by atoms with Crippen LogP contribution in [-0.2, 0) is 0 Å². The fourth-order valence-corrected chi connectivity index (χ4v) is 2.73. The second-order valence-electron chi connectivity index (χ2n) is 5.49. The van der Waals surface area contributed by atoms with Gasteiger partial charge in [-0.2, -0.15) is 0 Å². The average Bonchev–Trinajstić information content (AvgIpc) is 2.44. The van der Waals surface area contributed by atoms with Gasteiger partial charge in [0.15, 0.2) is 0 Å². The maximum Gasteiger partial charge on any atom is 0.143 e. The van der Waals surface area contributed by atoms with Crippen molar-refractivity contribution < 1.29 is 4.74 Å². The molecule has 3 heteroatoms. The predicted molar refractivity (Wildman–Crippen MR) is 81.9 cm³/mol. The van der Waals surface area contributed by atoms with Crippen LogP contribution in [0.25, 0.3) is 0 Å². The molecule has 0 bridgehead atoms. The van der Waals surface area contributed by atoms with Crippen LogP contribution >= 0.6 is 0 Å². The minimum atomic E-state index is -0.0448. The SMILES string of the molecule is CCCCN1CC(CC)(CC)Oc2ccc(N)cc21. The summed E-state index contributed by atoms with van der Waals surface area (Å²) in [5.41, 5.74) is 7.85. The molecule has 0 aromatic heterocycles. The number of fused-ring (bicyclic) bond motifs is 1. The van der Waals surface area contributed by atoms with E-state index in [2.05, 4.69) is 25.7 Å². The second kappa shape index (κ2) is 5.72. The van der Waals surface area contributed by atoms with E-state index in [1.165, 1.54) is 12.8 Å². The first-order chi connectivity index (χ1) is 9.14. The monoisotopic (exact) mass is 262 g/mol. The first-order valence-electron chi connectivity index (χ1n) is 7.47. The molecular formula is C16H26N2O. The summed E-state index contributed by atoms with van der Waals surface area (Å²) < 4.78 is 6.29. The number of ether oxygens (including phenoxy) is 1. The summed E-state index contributed by atoms with van der Waals surface area (Å²) in [6.07, 6.45) is 4.49. The predicted octanol–water partition coefficient (Wildman–Crippen LogP) is 3.83. The van der Waals surface area contributed by atoms with Gasteiger partial charge in [0, 0.05) is 12.2 Å². The highest BCUT2D eigenvalue weighted by atomic mass is 16.5. The molecule has 0 fully saturated rings. The van der Waals surface area contributed by atoms with E-state index in [0.29, 0.717) is 0 Å². The van der Waals surface area contributed by atoms with E-state index in [9.17, 15) is 0 Å². The minimum Gasteiger partial charge on any atom is -0.483 e. The van der Waals surface area contributed by atoms with Gasteiger partial charge in [0.25, 0.3) is 0 Å². The van der Waals surface area contributed by atoms with E-state index >= 15 is 0 Å². The molecule has 0 saturated heterocycles. The van der Waals surface area contributed by atoms with E-state index in [0.717, 1.165) is 43.1 Å². The second-order valence-corrected chi connectivity index (χ2v) is 5.49. The Morgan fingerprint density at radius 1 is 1.26 bits per heavy atom.